The van der Waals surface area contributed by atoms with Crippen LogP contribution in [-0.4, -0.2) is 34.9 Å². The minimum atomic E-state index is -3.29. The number of halogens is 1. The Balaban J connectivity index is 2.69. The number of ether oxygens (including phenoxy) is 1. The molecule has 0 aliphatic heterocycles. The van der Waals surface area contributed by atoms with Crippen LogP contribution in [0.25, 0.3) is 0 Å². The van der Waals surface area contributed by atoms with E-state index in [4.69, 9.17) is 4.74 Å². The number of hydrogen-bond acceptors (Lipinski definition) is 4. The van der Waals surface area contributed by atoms with Crippen LogP contribution in [0.15, 0.2) is 22.7 Å². The van der Waals surface area contributed by atoms with Gasteiger partial charge in [-0.05, 0) is 54.1 Å². The van der Waals surface area contributed by atoms with Crippen molar-refractivity contribution in [3.8, 4) is 5.75 Å². The summed E-state index contributed by atoms with van der Waals surface area (Å²) in [5.74, 6) is 0.755. The summed E-state index contributed by atoms with van der Waals surface area (Å²) < 4.78 is 31.8. The maximum Gasteiger partial charge on any atom is 0.232 e. The highest BCUT2D eigenvalue weighted by atomic mass is 79.9. The van der Waals surface area contributed by atoms with E-state index in [9.17, 15) is 8.42 Å². The summed E-state index contributed by atoms with van der Waals surface area (Å²) in [5, 5.41) is 2.91. The van der Waals surface area contributed by atoms with E-state index in [1.165, 1.54) is 0 Å². The number of rotatable bonds is 7. The molecule has 0 aliphatic rings. The van der Waals surface area contributed by atoms with Crippen molar-refractivity contribution in [3.05, 3.63) is 22.7 Å². The van der Waals surface area contributed by atoms with Crippen LogP contribution in [0.5, 0.6) is 5.75 Å². The van der Waals surface area contributed by atoms with E-state index < -0.39 is 10.0 Å². The smallest absolute Gasteiger partial charge is 0.232 e. The highest BCUT2D eigenvalue weighted by molar-refractivity contribution is 9.10. The minimum Gasteiger partial charge on any atom is -0.496 e. The van der Waals surface area contributed by atoms with Gasteiger partial charge in [0, 0.05) is 5.69 Å². The zero-order valence-corrected chi connectivity index (χ0v) is 12.8. The summed E-state index contributed by atoms with van der Waals surface area (Å²) in [4.78, 5) is 0. The van der Waals surface area contributed by atoms with Crippen LogP contribution in [-0.2, 0) is 10.0 Å². The fraction of sp³-hybridized carbons (Fsp3) is 0.455. The first-order chi connectivity index (χ1) is 8.48. The molecule has 18 heavy (non-hydrogen) atoms. The van der Waals surface area contributed by atoms with Crippen molar-refractivity contribution in [1.29, 1.82) is 0 Å². The molecule has 0 saturated carbocycles. The lowest BCUT2D eigenvalue weighted by Crippen LogP contribution is -2.20. The van der Waals surface area contributed by atoms with Crippen LogP contribution in [0, 0.1) is 0 Å². The molecule has 5 nitrogen and oxygen atoms in total. The molecule has 0 aliphatic carbocycles. The lowest BCUT2D eigenvalue weighted by atomic mass is 10.3. The van der Waals surface area contributed by atoms with Gasteiger partial charge in [-0.15, -0.1) is 0 Å². The Morgan fingerprint density at radius 1 is 1.39 bits per heavy atom. The van der Waals surface area contributed by atoms with Crippen LogP contribution < -0.4 is 14.8 Å². The van der Waals surface area contributed by atoms with Gasteiger partial charge in [0.05, 0.1) is 17.3 Å². The van der Waals surface area contributed by atoms with E-state index in [0.717, 1.165) is 0 Å². The van der Waals surface area contributed by atoms with Crippen molar-refractivity contribution in [1.82, 2.24) is 5.32 Å². The van der Waals surface area contributed by atoms with Gasteiger partial charge >= 0.3 is 0 Å². The first-order valence-corrected chi connectivity index (χ1v) is 7.91. The standard InChI is InChI=1S/C11H17BrN2O3S/c1-13-6-3-7-18(15,16)14-9-4-5-11(17-2)10(12)8-9/h4-5,8,13-14H,3,6-7H2,1-2H3. The summed E-state index contributed by atoms with van der Waals surface area (Å²) in [6.45, 7) is 0.674. The Bertz CT molecular complexity index is 491. The molecule has 0 heterocycles. The molecule has 7 heteroatoms. The molecule has 0 bridgehead atoms. The van der Waals surface area contributed by atoms with Crippen LogP contribution in [0.3, 0.4) is 0 Å². The highest BCUT2D eigenvalue weighted by Gasteiger charge is 2.11. The lowest BCUT2D eigenvalue weighted by Gasteiger charge is -2.10. The summed E-state index contributed by atoms with van der Waals surface area (Å²) in [7, 11) is 0.0547. The summed E-state index contributed by atoms with van der Waals surface area (Å²) >= 11 is 3.31. The molecule has 0 amide bonds. The van der Waals surface area contributed by atoms with Gasteiger partial charge in [0.1, 0.15) is 5.75 Å². The first-order valence-electron chi connectivity index (χ1n) is 5.47. The SMILES string of the molecule is CNCCCS(=O)(=O)Nc1ccc(OC)c(Br)c1. The van der Waals surface area contributed by atoms with Gasteiger partial charge in [-0.3, -0.25) is 4.72 Å². The second-order valence-corrected chi connectivity index (χ2v) is 6.42. The van der Waals surface area contributed by atoms with Gasteiger partial charge in [-0.2, -0.15) is 0 Å². The van der Waals surface area contributed by atoms with Gasteiger partial charge < -0.3 is 10.1 Å². The number of nitrogens with one attached hydrogen (secondary N) is 2. The predicted octanol–water partition coefficient (Wildman–Crippen LogP) is 1.81. The second kappa shape index (κ2) is 6.96. The topological polar surface area (TPSA) is 67.4 Å². The molecular formula is C11H17BrN2O3S. The zero-order valence-electron chi connectivity index (χ0n) is 10.4. The van der Waals surface area contributed by atoms with Crippen molar-refractivity contribution in [2.75, 3.05) is 31.2 Å². The van der Waals surface area contributed by atoms with Crippen LogP contribution >= 0.6 is 15.9 Å². The van der Waals surface area contributed by atoms with Gasteiger partial charge in [0.25, 0.3) is 0 Å². The van der Waals surface area contributed by atoms with Gasteiger partial charge in [-0.25, -0.2) is 8.42 Å². The summed E-state index contributed by atoms with van der Waals surface area (Å²) in [6.07, 6.45) is 0.573. The molecular weight excluding hydrogens is 320 g/mol. The highest BCUT2D eigenvalue weighted by Crippen LogP contribution is 2.28. The number of sulfonamides is 1. The Kier molecular flexibility index (Phi) is 5.90. The van der Waals surface area contributed by atoms with Gasteiger partial charge in [0.15, 0.2) is 0 Å². The quantitative estimate of drug-likeness (QED) is 0.745. The Labute approximate surface area is 116 Å². The summed E-state index contributed by atoms with van der Waals surface area (Å²) in [5.41, 5.74) is 0.520. The van der Waals surface area contributed by atoms with Crippen LogP contribution in [0.4, 0.5) is 5.69 Å². The molecule has 0 saturated heterocycles. The Morgan fingerprint density at radius 2 is 2.11 bits per heavy atom. The molecule has 2 N–H and O–H groups in total. The first kappa shape index (κ1) is 15.3. The molecule has 0 unspecified atom stereocenters. The third-order valence-corrected chi connectivity index (χ3v) is 4.26. The Hall–Kier alpha value is -0.790. The van der Waals surface area contributed by atoms with Crippen molar-refractivity contribution >= 4 is 31.6 Å². The number of benzene rings is 1. The number of hydrogen-bond donors (Lipinski definition) is 2. The maximum atomic E-state index is 11.8. The van der Waals surface area contributed by atoms with Crippen molar-refractivity contribution < 1.29 is 13.2 Å². The normalized spacial score (nSPS) is 11.3. The number of methoxy groups -OCH3 is 1. The van der Waals surface area contributed by atoms with Gasteiger partial charge in [-0.1, -0.05) is 0 Å². The molecule has 0 atom stereocenters. The molecule has 1 aromatic rings. The lowest BCUT2D eigenvalue weighted by molar-refractivity contribution is 0.412. The maximum absolute atomic E-state index is 11.8. The third-order valence-electron chi connectivity index (χ3n) is 2.26. The molecule has 102 valence electrons. The van der Waals surface area contributed by atoms with E-state index in [2.05, 4.69) is 26.0 Å². The molecule has 0 spiro atoms. The Morgan fingerprint density at radius 3 is 2.67 bits per heavy atom. The molecule has 0 aromatic heterocycles. The average molecular weight is 337 g/mol. The molecule has 1 rings (SSSR count). The summed E-state index contributed by atoms with van der Waals surface area (Å²) in [6, 6.07) is 5.04. The minimum absolute atomic E-state index is 0.0947. The van der Waals surface area contributed by atoms with E-state index >= 15 is 0 Å². The van der Waals surface area contributed by atoms with Crippen molar-refractivity contribution in [2.45, 2.75) is 6.42 Å². The largest absolute Gasteiger partial charge is 0.496 e. The second-order valence-electron chi connectivity index (χ2n) is 3.73. The van der Waals surface area contributed by atoms with Crippen molar-refractivity contribution in [2.24, 2.45) is 0 Å². The predicted molar refractivity (Wildman–Crippen MR) is 76.6 cm³/mol. The fourth-order valence-electron chi connectivity index (χ4n) is 1.40. The molecule has 0 radical (unpaired) electrons. The third kappa shape index (κ3) is 4.83. The molecule has 1 aromatic carbocycles. The van der Waals surface area contributed by atoms with E-state index in [1.807, 2.05) is 0 Å². The molecule has 0 fully saturated rings. The monoisotopic (exact) mass is 336 g/mol. The van der Waals surface area contributed by atoms with Gasteiger partial charge in [0.2, 0.25) is 10.0 Å². The van der Waals surface area contributed by atoms with E-state index in [1.54, 1.807) is 32.4 Å². The van der Waals surface area contributed by atoms with Crippen LogP contribution in [0.1, 0.15) is 6.42 Å². The fourth-order valence-corrected chi connectivity index (χ4v) is 3.05. The van der Waals surface area contributed by atoms with E-state index in [0.29, 0.717) is 28.9 Å². The number of anilines is 1. The zero-order chi connectivity index (χ0) is 13.6. The van der Waals surface area contributed by atoms with Crippen molar-refractivity contribution in [3.63, 3.8) is 0 Å². The average Bonchev–Trinajstić information content (AvgIpc) is 2.29. The van der Waals surface area contributed by atoms with E-state index in [-0.39, 0.29) is 5.75 Å². The van der Waals surface area contributed by atoms with Crippen LogP contribution in [0.2, 0.25) is 0 Å².